The Balaban J connectivity index is 0. The van der Waals surface area contributed by atoms with Crippen molar-refractivity contribution >= 4 is 24.7 Å². The molecule has 8 nitrogen and oxygen atoms in total. The first-order valence-electron chi connectivity index (χ1n) is 11.6. The molecule has 204 valence electrons. The van der Waals surface area contributed by atoms with Crippen molar-refractivity contribution in [1.82, 2.24) is 0 Å². The van der Waals surface area contributed by atoms with Crippen LogP contribution in [0.4, 0.5) is 0 Å². The van der Waals surface area contributed by atoms with Gasteiger partial charge in [0, 0.05) is 0 Å². The maximum atomic E-state index is 10.8. The van der Waals surface area contributed by atoms with E-state index in [2.05, 4.69) is 25.5 Å². The lowest BCUT2D eigenvalue weighted by molar-refractivity contribution is -0.191. The number of carbonyl (C=O) groups excluding carboxylic acids is 5. The van der Waals surface area contributed by atoms with Gasteiger partial charge in [-0.1, -0.05) is 39.8 Å². The van der Waals surface area contributed by atoms with Crippen molar-refractivity contribution in [3.8, 4) is 11.5 Å². The van der Waals surface area contributed by atoms with Crippen LogP contribution in [-0.2, 0) is 19.1 Å². The van der Waals surface area contributed by atoms with Gasteiger partial charge in [-0.3, -0.25) is 14.4 Å². The molecule has 0 aliphatic heterocycles. The number of hydrogen-bond acceptors (Lipinski definition) is 8. The number of methoxy groups -OCH3 is 1. The van der Waals surface area contributed by atoms with E-state index in [4.69, 9.17) is 19.4 Å². The van der Waals surface area contributed by atoms with E-state index in [1.54, 1.807) is 24.3 Å². The van der Waals surface area contributed by atoms with Gasteiger partial charge in [0.05, 0.1) is 30.3 Å². The second kappa shape index (κ2) is 17.6. The fraction of sp³-hybridized carbons (Fsp3) is 0.448. The van der Waals surface area contributed by atoms with Crippen LogP contribution in [0, 0.1) is 24.7 Å². The molecule has 2 aromatic rings. The highest BCUT2D eigenvalue weighted by Crippen LogP contribution is 2.22. The molecule has 0 saturated heterocycles. The molecule has 0 aliphatic rings. The summed E-state index contributed by atoms with van der Waals surface area (Å²) in [6.07, 6.45) is 2.53. The fourth-order valence-corrected chi connectivity index (χ4v) is 2.33. The summed E-state index contributed by atoms with van der Waals surface area (Å²) in [4.78, 5) is 48.1. The first-order chi connectivity index (χ1) is 17.1. The summed E-state index contributed by atoms with van der Waals surface area (Å²) in [7, 11) is 1.42. The zero-order valence-corrected chi connectivity index (χ0v) is 23.3. The van der Waals surface area contributed by atoms with Crippen LogP contribution in [0.25, 0.3) is 0 Å². The van der Waals surface area contributed by atoms with E-state index >= 15 is 0 Å². The lowest BCUT2D eigenvalue weighted by atomic mass is 9.91. The van der Waals surface area contributed by atoms with Crippen molar-refractivity contribution in [2.45, 2.75) is 61.8 Å². The van der Waals surface area contributed by atoms with Crippen LogP contribution in [-0.4, -0.2) is 43.5 Å². The zero-order chi connectivity index (χ0) is 29.2. The van der Waals surface area contributed by atoms with Gasteiger partial charge < -0.3 is 14.6 Å². The Labute approximate surface area is 220 Å². The van der Waals surface area contributed by atoms with Crippen LogP contribution in [0.5, 0.6) is 11.5 Å². The van der Waals surface area contributed by atoms with Crippen LogP contribution in [0.15, 0.2) is 36.4 Å². The SMILES string of the molecule is CCC(C)(C)C(=O)OC.Cc1ccc(C=O)c(O)c1.Cc1ccc(C=O)c(OCC(C)(C)C)c1.O=C=O. The van der Waals surface area contributed by atoms with E-state index in [0.29, 0.717) is 29.8 Å². The Kier molecular flexibility index (Phi) is 16.9. The molecule has 0 heterocycles. The first-order valence-corrected chi connectivity index (χ1v) is 11.6. The number of hydrogen-bond donors (Lipinski definition) is 1. The average Bonchev–Trinajstić information content (AvgIpc) is 2.83. The third-order valence-electron chi connectivity index (χ3n) is 4.89. The van der Waals surface area contributed by atoms with Crippen molar-refractivity contribution in [1.29, 1.82) is 0 Å². The van der Waals surface area contributed by atoms with Gasteiger partial charge in [-0.2, -0.15) is 9.59 Å². The molecule has 37 heavy (non-hydrogen) atoms. The summed E-state index contributed by atoms with van der Waals surface area (Å²) >= 11 is 0. The quantitative estimate of drug-likeness (QED) is 0.380. The topological polar surface area (TPSA) is 124 Å². The second-order valence-electron chi connectivity index (χ2n) is 10.0. The van der Waals surface area contributed by atoms with Crippen molar-refractivity contribution in [3.05, 3.63) is 58.7 Å². The molecule has 8 heteroatoms. The van der Waals surface area contributed by atoms with E-state index in [9.17, 15) is 14.4 Å². The maximum absolute atomic E-state index is 10.8. The van der Waals surface area contributed by atoms with Gasteiger partial charge in [0.25, 0.3) is 0 Å². The predicted octanol–water partition coefficient (Wildman–Crippen LogP) is 5.76. The van der Waals surface area contributed by atoms with Crippen LogP contribution in [0.3, 0.4) is 0 Å². The van der Waals surface area contributed by atoms with Crippen molar-refractivity contribution < 1.29 is 38.6 Å². The van der Waals surface area contributed by atoms with Gasteiger partial charge in [-0.25, -0.2) is 0 Å². The predicted molar refractivity (Wildman–Crippen MR) is 141 cm³/mol. The third-order valence-corrected chi connectivity index (χ3v) is 4.89. The third kappa shape index (κ3) is 15.8. The molecule has 1 N–H and O–H groups in total. The zero-order valence-electron chi connectivity index (χ0n) is 23.3. The molecule has 2 rings (SSSR count). The van der Waals surface area contributed by atoms with Crippen LogP contribution in [0.1, 0.15) is 79.8 Å². The molecule has 0 bridgehead atoms. The van der Waals surface area contributed by atoms with Gasteiger partial charge in [-0.05, 0) is 74.9 Å². The van der Waals surface area contributed by atoms with Crippen molar-refractivity contribution in [3.63, 3.8) is 0 Å². The van der Waals surface area contributed by atoms with Gasteiger partial charge in [0.1, 0.15) is 11.5 Å². The minimum absolute atomic E-state index is 0.0509. The highest BCUT2D eigenvalue weighted by atomic mass is 16.5. The molecular formula is C29H40O8. The summed E-state index contributed by atoms with van der Waals surface area (Å²) < 4.78 is 10.2. The Hall–Kier alpha value is -3.77. The number of rotatable bonds is 6. The van der Waals surface area contributed by atoms with E-state index in [1.807, 2.05) is 46.8 Å². The smallest absolute Gasteiger partial charge is 0.373 e. The van der Waals surface area contributed by atoms with E-state index in [-0.39, 0.29) is 28.7 Å². The van der Waals surface area contributed by atoms with E-state index in [1.165, 1.54) is 7.11 Å². The summed E-state index contributed by atoms with van der Waals surface area (Å²) in [5.74, 6) is 0.597. The number of esters is 1. The van der Waals surface area contributed by atoms with E-state index in [0.717, 1.165) is 23.8 Å². The van der Waals surface area contributed by atoms with Crippen molar-refractivity contribution in [2.75, 3.05) is 13.7 Å². The number of benzene rings is 2. The molecule has 0 aromatic heterocycles. The highest BCUT2D eigenvalue weighted by Gasteiger charge is 2.25. The number of phenols is 1. The number of ether oxygens (including phenoxy) is 2. The molecular weight excluding hydrogens is 476 g/mol. The minimum Gasteiger partial charge on any atom is -0.507 e. The number of aromatic hydroxyl groups is 1. The van der Waals surface area contributed by atoms with Gasteiger partial charge in [-0.15, -0.1) is 0 Å². The second-order valence-corrected chi connectivity index (χ2v) is 10.0. The summed E-state index contributed by atoms with van der Waals surface area (Å²) in [5.41, 5.74) is 2.79. The molecule has 0 aliphatic carbocycles. The normalized spacial score (nSPS) is 9.97. The highest BCUT2D eigenvalue weighted by molar-refractivity contribution is 5.79. The van der Waals surface area contributed by atoms with Gasteiger partial charge in [0.2, 0.25) is 0 Å². The summed E-state index contributed by atoms with van der Waals surface area (Å²) in [6.45, 7) is 16.5. The lowest BCUT2D eigenvalue weighted by Crippen LogP contribution is -2.24. The first kappa shape index (κ1) is 35.4. The van der Waals surface area contributed by atoms with Crippen LogP contribution in [0.2, 0.25) is 0 Å². The summed E-state index contributed by atoms with van der Waals surface area (Å²) in [5, 5.41) is 9.06. The molecule has 2 aromatic carbocycles. The molecule has 0 radical (unpaired) electrons. The number of phenolic OH excluding ortho intramolecular Hbond substituents is 1. The number of aryl methyl sites for hydroxylation is 2. The monoisotopic (exact) mass is 516 g/mol. The fourth-order valence-electron chi connectivity index (χ4n) is 2.33. The van der Waals surface area contributed by atoms with Crippen LogP contribution < -0.4 is 4.74 Å². The van der Waals surface area contributed by atoms with Gasteiger partial charge in [0.15, 0.2) is 12.6 Å². The standard InChI is InChI=1S/C13H18O2.C8H8O2.C7H14O2.CO2/c1-10-5-6-11(8-14)12(7-10)15-9-13(2,3)4;1-6-2-3-7(5-9)8(10)4-6;1-5-7(2,3)6(8)9-4;2-1-3/h5-8H,9H2,1-4H3;2-5,10H,1H3;5H2,1-4H3;. The Bertz CT molecular complexity index is 1030. The van der Waals surface area contributed by atoms with Crippen molar-refractivity contribution in [2.24, 2.45) is 10.8 Å². The summed E-state index contributed by atoms with van der Waals surface area (Å²) in [6, 6.07) is 10.5. The Morgan fingerprint density at radius 1 is 0.919 bits per heavy atom. The van der Waals surface area contributed by atoms with Crippen LogP contribution >= 0.6 is 0 Å². The molecule has 0 atom stereocenters. The molecule has 0 saturated carbocycles. The molecule has 0 fully saturated rings. The molecule has 0 spiro atoms. The average molecular weight is 517 g/mol. The maximum Gasteiger partial charge on any atom is 0.373 e. The molecule has 0 amide bonds. The largest absolute Gasteiger partial charge is 0.507 e. The number of aldehydes is 2. The lowest BCUT2D eigenvalue weighted by Gasteiger charge is -2.19. The minimum atomic E-state index is -0.311. The Morgan fingerprint density at radius 3 is 1.73 bits per heavy atom. The van der Waals surface area contributed by atoms with E-state index < -0.39 is 0 Å². The Morgan fingerprint density at radius 2 is 1.38 bits per heavy atom. The molecule has 0 unspecified atom stereocenters. The van der Waals surface area contributed by atoms with Gasteiger partial charge >= 0.3 is 12.1 Å². The number of carbonyl (C=O) groups is 3.